The average molecular weight is 402 g/mol. The first kappa shape index (κ1) is 18.5. The van der Waals surface area contributed by atoms with Crippen molar-refractivity contribution in [3.05, 3.63) is 53.8 Å². The first-order chi connectivity index (χ1) is 12.2. The van der Waals surface area contributed by atoms with Crippen LogP contribution < -0.4 is 4.72 Å². The molecule has 0 fully saturated rings. The summed E-state index contributed by atoms with van der Waals surface area (Å²) in [4.78, 5) is 0.256. The quantitative estimate of drug-likeness (QED) is 0.666. The van der Waals surface area contributed by atoms with Gasteiger partial charge in [0.2, 0.25) is 5.76 Å². The third-order valence-corrected chi connectivity index (χ3v) is 6.48. The van der Waals surface area contributed by atoms with Crippen LogP contribution in [0, 0.1) is 0 Å². The molecule has 0 bridgehead atoms. The largest absolute Gasteiger partial charge is 0.452 e. The Labute approximate surface area is 151 Å². The van der Waals surface area contributed by atoms with Gasteiger partial charge in [0.15, 0.2) is 0 Å². The van der Waals surface area contributed by atoms with Crippen LogP contribution in [0.2, 0.25) is 0 Å². The lowest BCUT2D eigenvalue weighted by Crippen LogP contribution is -2.11. The van der Waals surface area contributed by atoms with Crippen LogP contribution >= 0.6 is 11.3 Å². The number of nitrogens with zero attached hydrogens (tertiary/aromatic N) is 1. The second-order valence-electron chi connectivity index (χ2n) is 5.35. The van der Waals surface area contributed by atoms with E-state index in [2.05, 4.69) is 14.4 Å². The van der Waals surface area contributed by atoms with Gasteiger partial charge in [-0.25, -0.2) is 8.42 Å². The number of aromatic nitrogens is 1. The lowest BCUT2D eigenvalue weighted by atomic mass is 10.2. The maximum atomic E-state index is 12.6. The molecule has 0 atom stereocenters. The minimum absolute atomic E-state index is 0.0383. The lowest BCUT2D eigenvalue weighted by Gasteiger charge is -2.06. The van der Waals surface area contributed by atoms with Crippen molar-refractivity contribution in [1.29, 1.82) is 0 Å². The summed E-state index contributed by atoms with van der Waals surface area (Å²) in [5.74, 6) is -1.24. The fourth-order valence-electron chi connectivity index (χ4n) is 2.14. The van der Waals surface area contributed by atoms with Gasteiger partial charge in [-0.15, -0.1) is 11.3 Å². The molecule has 3 aromatic rings. The van der Waals surface area contributed by atoms with Gasteiger partial charge in [0.05, 0.1) is 4.88 Å². The molecule has 0 spiro atoms. The molecule has 0 aliphatic heterocycles. The monoisotopic (exact) mass is 402 g/mol. The standard InChI is InChI=1S/C16H13F3N2O3S2/c1-2-10-3-5-11(6-4-10)21-26(22,23)15-8-7-13(25-15)12-9-14(24-20-12)16(17,18)19/h3-9,21H,2H2,1H3. The number of hydrogen-bond donors (Lipinski definition) is 1. The maximum absolute atomic E-state index is 12.6. The van der Waals surface area contributed by atoms with E-state index < -0.39 is 22.0 Å². The van der Waals surface area contributed by atoms with Gasteiger partial charge in [0.25, 0.3) is 10.0 Å². The van der Waals surface area contributed by atoms with Crippen LogP contribution in [0.25, 0.3) is 10.6 Å². The smallest absolute Gasteiger partial charge is 0.351 e. The minimum atomic E-state index is -4.65. The number of aryl methyl sites for hydroxylation is 1. The zero-order chi connectivity index (χ0) is 18.9. The Bertz CT molecular complexity index is 1010. The summed E-state index contributed by atoms with van der Waals surface area (Å²) < 4.78 is 69.3. The molecule has 0 aliphatic rings. The van der Waals surface area contributed by atoms with E-state index in [1.165, 1.54) is 12.1 Å². The fraction of sp³-hybridized carbons (Fsp3) is 0.188. The number of anilines is 1. The number of rotatable bonds is 5. The molecule has 2 heterocycles. The molecular formula is C16H13F3N2O3S2. The maximum Gasteiger partial charge on any atom is 0.452 e. The first-order valence-electron chi connectivity index (χ1n) is 7.45. The molecular weight excluding hydrogens is 389 g/mol. The number of halogens is 3. The Hall–Kier alpha value is -2.33. The molecule has 138 valence electrons. The topological polar surface area (TPSA) is 72.2 Å². The molecule has 0 aliphatic carbocycles. The highest BCUT2D eigenvalue weighted by Gasteiger charge is 2.36. The Morgan fingerprint density at radius 3 is 2.42 bits per heavy atom. The summed E-state index contributed by atoms with van der Waals surface area (Å²) in [6.07, 6.45) is -3.82. The Balaban J connectivity index is 1.82. The van der Waals surface area contributed by atoms with E-state index in [4.69, 9.17) is 0 Å². The van der Waals surface area contributed by atoms with E-state index in [0.717, 1.165) is 29.4 Å². The normalized spacial score (nSPS) is 12.3. The molecule has 26 heavy (non-hydrogen) atoms. The van der Waals surface area contributed by atoms with Crippen LogP contribution in [-0.2, 0) is 22.6 Å². The van der Waals surface area contributed by atoms with Crippen molar-refractivity contribution in [1.82, 2.24) is 5.16 Å². The van der Waals surface area contributed by atoms with Gasteiger partial charge in [0, 0.05) is 11.8 Å². The zero-order valence-corrected chi connectivity index (χ0v) is 15.0. The van der Waals surface area contributed by atoms with Crippen LogP contribution in [0.1, 0.15) is 18.2 Å². The molecule has 0 unspecified atom stereocenters. The summed E-state index contributed by atoms with van der Waals surface area (Å²) in [5.41, 5.74) is 1.40. The number of thiophene rings is 1. The second kappa shape index (κ2) is 6.76. The van der Waals surface area contributed by atoms with Gasteiger partial charge < -0.3 is 4.52 Å². The van der Waals surface area contributed by atoms with Crippen molar-refractivity contribution in [3.63, 3.8) is 0 Å². The number of benzene rings is 1. The Morgan fingerprint density at radius 2 is 1.85 bits per heavy atom. The third kappa shape index (κ3) is 3.91. The van der Waals surface area contributed by atoms with Gasteiger partial charge in [-0.3, -0.25) is 4.72 Å². The average Bonchev–Trinajstić information content (AvgIpc) is 3.24. The van der Waals surface area contributed by atoms with Gasteiger partial charge in [0.1, 0.15) is 9.90 Å². The SMILES string of the molecule is CCc1ccc(NS(=O)(=O)c2ccc(-c3cc(C(F)(F)F)on3)s2)cc1. The van der Waals surface area contributed by atoms with Gasteiger partial charge >= 0.3 is 6.18 Å². The predicted molar refractivity (Wildman–Crippen MR) is 91.4 cm³/mol. The van der Waals surface area contributed by atoms with Gasteiger partial charge in [-0.2, -0.15) is 13.2 Å². The van der Waals surface area contributed by atoms with Crippen LogP contribution in [0.4, 0.5) is 18.9 Å². The van der Waals surface area contributed by atoms with Crippen molar-refractivity contribution >= 4 is 27.0 Å². The van der Waals surface area contributed by atoms with Crippen molar-refractivity contribution < 1.29 is 26.1 Å². The molecule has 2 aromatic heterocycles. The van der Waals surface area contributed by atoms with Crippen molar-refractivity contribution in [3.8, 4) is 10.6 Å². The predicted octanol–water partition coefficient (Wildman–Crippen LogP) is 4.79. The lowest BCUT2D eigenvalue weighted by molar-refractivity contribution is -0.155. The molecule has 1 aromatic carbocycles. The number of sulfonamides is 1. The van der Waals surface area contributed by atoms with Crippen LogP contribution in [0.5, 0.6) is 0 Å². The van der Waals surface area contributed by atoms with Gasteiger partial charge in [-0.1, -0.05) is 24.2 Å². The molecule has 0 saturated heterocycles. The van der Waals surface area contributed by atoms with Crippen LogP contribution in [0.15, 0.2) is 51.2 Å². The molecule has 3 rings (SSSR count). The number of hydrogen-bond acceptors (Lipinski definition) is 5. The van der Waals surface area contributed by atoms with E-state index in [-0.39, 0.29) is 14.8 Å². The molecule has 0 amide bonds. The molecule has 0 saturated carbocycles. The van der Waals surface area contributed by atoms with Crippen molar-refractivity contribution in [2.24, 2.45) is 0 Å². The Kier molecular flexibility index (Phi) is 4.80. The second-order valence-corrected chi connectivity index (χ2v) is 8.34. The van der Waals surface area contributed by atoms with Crippen molar-refractivity contribution in [2.75, 3.05) is 4.72 Å². The summed E-state index contributed by atoms with van der Waals surface area (Å²) in [6.45, 7) is 1.99. The van der Waals surface area contributed by atoms with E-state index in [1.54, 1.807) is 12.1 Å². The summed E-state index contributed by atoms with van der Waals surface area (Å²) in [7, 11) is -3.85. The highest BCUT2D eigenvalue weighted by Crippen LogP contribution is 2.35. The molecule has 5 nitrogen and oxygen atoms in total. The third-order valence-electron chi connectivity index (χ3n) is 3.50. The fourth-order valence-corrected chi connectivity index (χ4v) is 4.46. The Morgan fingerprint density at radius 1 is 1.15 bits per heavy atom. The van der Waals surface area contributed by atoms with E-state index in [9.17, 15) is 21.6 Å². The van der Waals surface area contributed by atoms with E-state index in [0.29, 0.717) is 5.69 Å². The van der Waals surface area contributed by atoms with Crippen molar-refractivity contribution in [2.45, 2.75) is 23.7 Å². The molecule has 0 radical (unpaired) electrons. The molecule has 1 N–H and O–H groups in total. The number of alkyl halides is 3. The minimum Gasteiger partial charge on any atom is -0.351 e. The van der Waals surface area contributed by atoms with Crippen LogP contribution in [-0.4, -0.2) is 13.6 Å². The summed E-state index contributed by atoms with van der Waals surface area (Å²) in [6, 6.07) is 10.4. The van der Waals surface area contributed by atoms with E-state index in [1.807, 2.05) is 19.1 Å². The van der Waals surface area contributed by atoms with Gasteiger partial charge in [-0.05, 0) is 36.2 Å². The molecule has 10 heteroatoms. The van der Waals surface area contributed by atoms with Crippen LogP contribution in [0.3, 0.4) is 0 Å². The number of nitrogens with one attached hydrogen (secondary N) is 1. The first-order valence-corrected chi connectivity index (χ1v) is 9.75. The summed E-state index contributed by atoms with van der Waals surface area (Å²) in [5, 5.41) is 3.35. The highest BCUT2D eigenvalue weighted by atomic mass is 32.2. The highest BCUT2D eigenvalue weighted by molar-refractivity contribution is 7.94. The summed E-state index contributed by atoms with van der Waals surface area (Å²) >= 11 is 0.803. The zero-order valence-electron chi connectivity index (χ0n) is 13.4. The van der Waals surface area contributed by atoms with E-state index >= 15 is 0 Å².